The average molecular weight is 313 g/mol. The third-order valence-electron chi connectivity index (χ3n) is 3.24. The van der Waals surface area contributed by atoms with Crippen molar-refractivity contribution in [2.75, 3.05) is 26.1 Å². The monoisotopic (exact) mass is 313 g/mol. The molecule has 6 heteroatoms. The Balaban J connectivity index is 2.01. The number of nitrogens with zero attached hydrogens (tertiary/aromatic N) is 2. The lowest BCUT2D eigenvalue weighted by atomic mass is 10.2. The summed E-state index contributed by atoms with van der Waals surface area (Å²) in [6.45, 7) is 0. The van der Waals surface area contributed by atoms with Crippen LogP contribution in [0.25, 0.3) is 0 Å². The highest BCUT2D eigenvalue weighted by Gasteiger charge is 2.10. The molecule has 2 N–H and O–H groups in total. The van der Waals surface area contributed by atoms with E-state index in [9.17, 15) is 9.90 Å². The van der Waals surface area contributed by atoms with Crippen LogP contribution in [0.15, 0.2) is 47.6 Å². The molecule has 6 nitrogen and oxygen atoms in total. The van der Waals surface area contributed by atoms with Crippen LogP contribution >= 0.6 is 0 Å². The molecule has 120 valence electrons. The summed E-state index contributed by atoms with van der Waals surface area (Å²) in [4.78, 5) is 14.0. The number of aromatic hydroxyl groups is 1. The second kappa shape index (κ2) is 7.31. The normalized spacial score (nSPS) is 10.6. The molecule has 0 saturated heterocycles. The van der Waals surface area contributed by atoms with Crippen molar-refractivity contribution in [2.45, 2.75) is 0 Å². The summed E-state index contributed by atoms with van der Waals surface area (Å²) in [5, 5.41) is 13.7. The molecule has 0 aliphatic carbocycles. The Hall–Kier alpha value is -3.02. The Labute approximate surface area is 135 Å². The van der Waals surface area contributed by atoms with E-state index < -0.39 is 5.91 Å². The minimum absolute atomic E-state index is 0.130. The molecule has 0 aliphatic heterocycles. The molecule has 0 heterocycles. The van der Waals surface area contributed by atoms with Crippen LogP contribution in [0.3, 0.4) is 0 Å². The standard InChI is InChI=1S/C17H19N3O3/c1-20(2)13-6-4-12(5-7-13)11-18-19-17(22)15-9-8-14(23-3)10-16(15)21/h4-11,21H,1-3H3,(H,19,22)/b18-11-. The largest absolute Gasteiger partial charge is 0.507 e. The Bertz CT molecular complexity index is 710. The number of nitrogens with one attached hydrogen (secondary N) is 1. The van der Waals surface area contributed by atoms with E-state index in [1.54, 1.807) is 6.07 Å². The zero-order valence-corrected chi connectivity index (χ0v) is 13.3. The number of benzene rings is 2. The molecule has 2 aromatic carbocycles. The van der Waals surface area contributed by atoms with E-state index in [1.165, 1.54) is 25.5 Å². The highest BCUT2D eigenvalue weighted by Crippen LogP contribution is 2.23. The van der Waals surface area contributed by atoms with Crippen molar-refractivity contribution in [1.29, 1.82) is 0 Å². The molecule has 2 rings (SSSR count). The van der Waals surface area contributed by atoms with E-state index in [2.05, 4.69) is 10.5 Å². The molecular weight excluding hydrogens is 294 g/mol. The highest BCUT2D eigenvalue weighted by molar-refractivity contribution is 5.97. The van der Waals surface area contributed by atoms with Gasteiger partial charge in [-0.05, 0) is 29.8 Å². The lowest BCUT2D eigenvalue weighted by Crippen LogP contribution is -2.17. The first-order valence-electron chi connectivity index (χ1n) is 6.99. The molecule has 0 unspecified atom stereocenters. The van der Waals surface area contributed by atoms with Crippen molar-refractivity contribution in [3.63, 3.8) is 0 Å². The number of hydrogen-bond donors (Lipinski definition) is 2. The number of ether oxygens (including phenoxy) is 1. The lowest BCUT2D eigenvalue weighted by molar-refractivity contribution is 0.0952. The maximum atomic E-state index is 12.0. The molecule has 0 atom stereocenters. The van der Waals surface area contributed by atoms with Crippen LogP contribution < -0.4 is 15.1 Å². The molecule has 0 bridgehead atoms. The number of phenolic OH excluding ortho intramolecular Hbond substituents is 1. The van der Waals surface area contributed by atoms with E-state index in [0.29, 0.717) is 5.75 Å². The minimum atomic E-state index is -0.494. The molecule has 0 fully saturated rings. The van der Waals surface area contributed by atoms with E-state index in [4.69, 9.17) is 4.74 Å². The first-order chi connectivity index (χ1) is 11.0. The van der Waals surface area contributed by atoms with Crippen molar-refractivity contribution in [1.82, 2.24) is 5.43 Å². The number of hydrazone groups is 1. The topological polar surface area (TPSA) is 74.2 Å². The first-order valence-corrected chi connectivity index (χ1v) is 6.99. The van der Waals surface area contributed by atoms with Gasteiger partial charge in [-0.2, -0.15) is 5.10 Å². The summed E-state index contributed by atoms with van der Waals surface area (Å²) in [6.07, 6.45) is 1.54. The van der Waals surface area contributed by atoms with Crippen LogP contribution in [0.2, 0.25) is 0 Å². The van der Waals surface area contributed by atoms with Gasteiger partial charge in [0.2, 0.25) is 0 Å². The number of anilines is 1. The van der Waals surface area contributed by atoms with Crippen molar-refractivity contribution in [3.05, 3.63) is 53.6 Å². The quantitative estimate of drug-likeness (QED) is 0.656. The van der Waals surface area contributed by atoms with Gasteiger partial charge in [0.15, 0.2) is 0 Å². The molecule has 1 amide bonds. The van der Waals surface area contributed by atoms with E-state index in [1.807, 2.05) is 43.3 Å². The van der Waals surface area contributed by atoms with Gasteiger partial charge in [-0.1, -0.05) is 12.1 Å². The van der Waals surface area contributed by atoms with Crippen molar-refractivity contribution >= 4 is 17.8 Å². The summed E-state index contributed by atoms with van der Waals surface area (Å²) in [6, 6.07) is 12.2. The van der Waals surface area contributed by atoms with E-state index in [0.717, 1.165) is 11.3 Å². The fourth-order valence-electron chi connectivity index (χ4n) is 1.91. The van der Waals surface area contributed by atoms with Crippen molar-refractivity contribution in [2.24, 2.45) is 5.10 Å². The van der Waals surface area contributed by atoms with Gasteiger partial charge in [0.25, 0.3) is 5.91 Å². The maximum absolute atomic E-state index is 12.0. The van der Waals surface area contributed by atoms with Gasteiger partial charge in [-0.25, -0.2) is 5.43 Å². The first kappa shape index (κ1) is 16.4. The van der Waals surface area contributed by atoms with Crippen LogP contribution in [-0.4, -0.2) is 38.4 Å². The smallest absolute Gasteiger partial charge is 0.275 e. The van der Waals surface area contributed by atoms with Crippen LogP contribution in [0, 0.1) is 0 Å². The van der Waals surface area contributed by atoms with Gasteiger partial charge in [-0.3, -0.25) is 4.79 Å². The third-order valence-corrected chi connectivity index (χ3v) is 3.24. The van der Waals surface area contributed by atoms with Crippen LogP contribution in [0.5, 0.6) is 11.5 Å². The van der Waals surface area contributed by atoms with Gasteiger partial charge < -0.3 is 14.7 Å². The number of carbonyl (C=O) groups excluding carboxylic acids is 1. The summed E-state index contributed by atoms with van der Waals surface area (Å²) >= 11 is 0. The number of amides is 1. The molecule has 0 radical (unpaired) electrons. The zero-order valence-electron chi connectivity index (χ0n) is 13.3. The third kappa shape index (κ3) is 4.23. The molecule has 0 aromatic heterocycles. The van der Waals surface area contributed by atoms with E-state index >= 15 is 0 Å². The zero-order chi connectivity index (χ0) is 16.8. The van der Waals surface area contributed by atoms with Crippen LogP contribution in [0.4, 0.5) is 5.69 Å². The number of carbonyl (C=O) groups is 1. The summed E-state index contributed by atoms with van der Waals surface area (Å²) in [7, 11) is 5.41. The Morgan fingerprint density at radius 2 is 1.91 bits per heavy atom. The van der Waals surface area contributed by atoms with Gasteiger partial charge in [-0.15, -0.1) is 0 Å². The fourth-order valence-corrected chi connectivity index (χ4v) is 1.91. The highest BCUT2D eigenvalue weighted by atomic mass is 16.5. The van der Waals surface area contributed by atoms with Crippen LogP contribution in [-0.2, 0) is 0 Å². The summed E-state index contributed by atoms with van der Waals surface area (Å²) in [5.74, 6) is -0.178. The fraction of sp³-hybridized carbons (Fsp3) is 0.176. The predicted octanol–water partition coefficient (Wildman–Crippen LogP) is 2.23. The summed E-state index contributed by atoms with van der Waals surface area (Å²) in [5.41, 5.74) is 4.45. The lowest BCUT2D eigenvalue weighted by Gasteiger charge is -2.11. The Morgan fingerprint density at radius 1 is 1.22 bits per heavy atom. The van der Waals surface area contributed by atoms with Gasteiger partial charge in [0.05, 0.1) is 18.9 Å². The predicted molar refractivity (Wildman–Crippen MR) is 90.5 cm³/mol. The SMILES string of the molecule is COc1ccc(C(=O)N/N=C\c2ccc(N(C)C)cc2)c(O)c1. The molecule has 0 spiro atoms. The molecule has 23 heavy (non-hydrogen) atoms. The Kier molecular flexibility index (Phi) is 5.19. The maximum Gasteiger partial charge on any atom is 0.275 e. The number of rotatable bonds is 5. The second-order valence-corrected chi connectivity index (χ2v) is 5.07. The van der Waals surface area contributed by atoms with Gasteiger partial charge >= 0.3 is 0 Å². The average Bonchev–Trinajstić information content (AvgIpc) is 2.55. The molecule has 2 aromatic rings. The molecular formula is C17H19N3O3. The van der Waals surface area contributed by atoms with E-state index in [-0.39, 0.29) is 11.3 Å². The minimum Gasteiger partial charge on any atom is -0.507 e. The second-order valence-electron chi connectivity index (χ2n) is 5.07. The van der Waals surface area contributed by atoms with Crippen LogP contribution in [0.1, 0.15) is 15.9 Å². The molecule has 0 saturated carbocycles. The van der Waals surface area contributed by atoms with Gasteiger partial charge in [0, 0.05) is 25.8 Å². The number of phenols is 1. The van der Waals surface area contributed by atoms with Crippen molar-refractivity contribution in [3.8, 4) is 11.5 Å². The number of methoxy groups -OCH3 is 1. The Morgan fingerprint density at radius 3 is 2.48 bits per heavy atom. The number of hydrogen-bond acceptors (Lipinski definition) is 5. The van der Waals surface area contributed by atoms with Crippen molar-refractivity contribution < 1.29 is 14.6 Å². The summed E-state index contributed by atoms with van der Waals surface area (Å²) < 4.78 is 4.97. The molecule has 0 aliphatic rings. The van der Waals surface area contributed by atoms with Gasteiger partial charge in [0.1, 0.15) is 11.5 Å².